The summed E-state index contributed by atoms with van der Waals surface area (Å²) in [7, 11) is 0. The summed E-state index contributed by atoms with van der Waals surface area (Å²) >= 11 is 0. The minimum atomic E-state index is -4.40. The molecule has 0 radical (unpaired) electrons. The van der Waals surface area contributed by atoms with E-state index in [2.05, 4.69) is 15.5 Å². The zero-order valence-corrected chi connectivity index (χ0v) is 14.0. The van der Waals surface area contributed by atoms with Gasteiger partial charge in [-0.25, -0.2) is 10.5 Å². The van der Waals surface area contributed by atoms with Crippen LogP contribution in [0.3, 0.4) is 0 Å². The van der Waals surface area contributed by atoms with E-state index in [9.17, 15) is 13.2 Å². The van der Waals surface area contributed by atoms with Crippen molar-refractivity contribution in [3.8, 4) is 5.75 Å². The summed E-state index contributed by atoms with van der Waals surface area (Å²) in [5.74, 6) is 0.110. The summed E-state index contributed by atoms with van der Waals surface area (Å²) in [6.07, 6.45) is -3.98. The molecule has 0 fully saturated rings. The van der Waals surface area contributed by atoms with Crippen molar-refractivity contribution in [2.24, 2.45) is 21.5 Å². The van der Waals surface area contributed by atoms with E-state index in [1.165, 1.54) is 12.1 Å². The molecule has 140 valence electrons. The highest BCUT2D eigenvalue weighted by Crippen LogP contribution is 2.31. The highest BCUT2D eigenvalue weighted by Gasteiger charge is 2.30. The maximum atomic E-state index is 12.6. The molecule has 0 atom stereocenters. The summed E-state index contributed by atoms with van der Waals surface area (Å²) in [5, 5.41) is 0. The van der Waals surface area contributed by atoms with Crippen LogP contribution in [0.2, 0.25) is 0 Å². The number of nitrogens with two attached hydrogens (primary N) is 2. The number of rotatable bonds is 7. The highest BCUT2D eigenvalue weighted by molar-refractivity contribution is 5.92. The quantitative estimate of drug-likeness (QED) is 0.298. The van der Waals surface area contributed by atoms with Crippen molar-refractivity contribution in [1.29, 1.82) is 0 Å². The molecule has 0 saturated heterocycles. The van der Waals surface area contributed by atoms with Gasteiger partial charge in [0.05, 0.1) is 18.8 Å². The second kappa shape index (κ2) is 9.72. The van der Waals surface area contributed by atoms with Gasteiger partial charge in [0.1, 0.15) is 5.75 Å². The lowest BCUT2D eigenvalue weighted by Gasteiger charge is -2.10. The molecule has 0 aliphatic rings. The predicted molar refractivity (Wildman–Crippen MR) is 89.0 cm³/mol. The molecule has 0 aromatic heterocycles. The summed E-state index contributed by atoms with van der Waals surface area (Å²) in [5.41, 5.74) is 12.7. The molecule has 0 heterocycles. The van der Waals surface area contributed by atoms with Gasteiger partial charge in [-0.15, -0.1) is 0 Å². The largest absolute Gasteiger partial charge is 0.493 e. The third-order valence-electron chi connectivity index (χ3n) is 2.62. The van der Waals surface area contributed by atoms with Crippen molar-refractivity contribution >= 4 is 11.9 Å². The van der Waals surface area contributed by atoms with E-state index >= 15 is 0 Å². The molecule has 0 aliphatic heterocycles. The topological polar surface area (TPSA) is 107 Å². The Balaban J connectivity index is 2.28. The van der Waals surface area contributed by atoms with E-state index < -0.39 is 11.7 Å². The third kappa shape index (κ3) is 8.80. The third-order valence-corrected chi connectivity index (χ3v) is 2.62. The Bertz CT molecular complexity index is 603. The molecule has 1 aromatic rings. The summed E-state index contributed by atoms with van der Waals surface area (Å²) in [4.78, 5) is 12.8. The second-order valence-corrected chi connectivity index (χ2v) is 5.26. The number of hydrogen-bond acceptors (Lipinski definition) is 3. The lowest BCUT2D eigenvalue weighted by atomic mass is 10.2. The van der Waals surface area contributed by atoms with E-state index in [1.807, 2.05) is 13.8 Å². The number of nitrogens with zero attached hydrogens (tertiary/aromatic N) is 2. The first kappa shape index (κ1) is 20.6. The molecule has 0 spiro atoms. The van der Waals surface area contributed by atoms with Crippen LogP contribution in [0.1, 0.15) is 25.8 Å². The molecule has 0 unspecified atom stereocenters. The Labute approximate surface area is 143 Å². The van der Waals surface area contributed by atoms with Crippen LogP contribution >= 0.6 is 0 Å². The van der Waals surface area contributed by atoms with Crippen LogP contribution in [-0.2, 0) is 11.0 Å². The predicted octanol–water partition coefficient (Wildman–Crippen LogP) is 2.03. The zero-order valence-electron chi connectivity index (χ0n) is 14.0. The van der Waals surface area contributed by atoms with E-state index in [-0.39, 0.29) is 36.9 Å². The summed E-state index contributed by atoms with van der Waals surface area (Å²) < 4.78 is 43.0. The average Bonchev–Trinajstić information content (AvgIpc) is 2.49. The molecule has 25 heavy (non-hydrogen) atoms. The zero-order chi connectivity index (χ0) is 18.9. The van der Waals surface area contributed by atoms with Crippen molar-refractivity contribution in [1.82, 2.24) is 5.48 Å². The number of benzene rings is 1. The standard InChI is InChI=1S/C15H22F3N5O2/c1-10(2)21-13(19)22-14(20)23-25-8-4-7-24-12-6-3-5-11(9-12)15(16,17)18/h3,5-6,9-10H,4,7-8H2,1-2H3,(H5,19,20,21,22,23). The fourth-order valence-electron chi connectivity index (χ4n) is 1.65. The van der Waals surface area contributed by atoms with Crippen molar-refractivity contribution in [3.63, 3.8) is 0 Å². The monoisotopic (exact) mass is 361 g/mol. The summed E-state index contributed by atoms with van der Waals surface area (Å²) in [6, 6.07) is 4.66. The van der Waals surface area contributed by atoms with Gasteiger partial charge in [0.15, 0.2) is 0 Å². The van der Waals surface area contributed by atoms with Crippen LogP contribution in [0.25, 0.3) is 0 Å². The van der Waals surface area contributed by atoms with Crippen LogP contribution < -0.4 is 21.7 Å². The van der Waals surface area contributed by atoms with Gasteiger partial charge in [-0.05, 0) is 32.0 Å². The van der Waals surface area contributed by atoms with Crippen LogP contribution in [0, 0.1) is 0 Å². The normalized spacial score (nSPS) is 13.2. The van der Waals surface area contributed by atoms with Crippen molar-refractivity contribution in [3.05, 3.63) is 29.8 Å². The number of aliphatic imine (C=N–C) groups is 2. The van der Waals surface area contributed by atoms with E-state index in [0.29, 0.717) is 6.42 Å². The van der Waals surface area contributed by atoms with Gasteiger partial charge >= 0.3 is 6.18 Å². The first-order valence-electron chi connectivity index (χ1n) is 7.53. The molecule has 10 heteroatoms. The Kier molecular flexibility index (Phi) is 7.99. The minimum Gasteiger partial charge on any atom is -0.493 e. The fraction of sp³-hybridized carbons (Fsp3) is 0.467. The Hall–Kier alpha value is -2.49. The van der Waals surface area contributed by atoms with Gasteiger partial charge < -0.3 is 16.2 Å². The Morgan fingerprint density at radius 1 is 1.24 bits per heavy atom. The molecule has 0 saturated carbocycles. The van der Waals surface area contributed by atoms with Gasteiger partial charge in [0.25, 0.3) is 0 Å². The smallest absolute Gasteiger partial charge is 0.416 e. The number of alkyl halides is 3. The SMILES string of the molecule is CC(C)N=C(N)/N=C(\N)NOCCCOc1cccc(C(F)(F)F)c1. The second-order valence-electron chi connectivity index (χ2n) is 5.26. The van der Waals surface area contributed by atoms with Gasteiger partial charge in [-0.3, -0.25) is 4.84 Å². The molecule has 1 aromatic carbocycles. The van der Waals surface area contributed by atoms with Gasteiger partial charge in [0.2, 0.25) is 11.9 Å². The molecule has 0 aliphatic carbocycles. The van der Waals surface area contributed by atoms with E-state index in [0.717, 1.165) is 12.1 Å². The molecule has 1 rings (SSSR count). The van der Waals surface area contributed by atoms with E-state index in [1.54, 1.807) is 0 Å². The Morgan fingerprint density at radius 2 is 1.96 bits per heavy atom. The lowest BCUT2D eigenvalue weighted by Crippen LogP contribution is -2.34. The lowest BCUT2D eigenvalue weighted by molar-refractivity contribution is -0.137. The van der Waals surface area contributed by atoms with Crippen LogP contribution in [0.15, 0.2) is 34.3 Å². The molecule has 0 amide bonds. The van der Waals surface area contributed by atoms with Crippen molar-refractivity contribution in [2.45, 2.75) is 32.5 Å². The maximum absolute atomic E-state index is 12.6. The molecule has 5 N–H and O–H groups in total. The number of hydrogen-bond donors (Lipinski definition) is 3. The number of ether oxygens (including phenoxy) is 1. The van der Waals surface area contributed by atoms with Crippen molar-refractivity contribution in [2.75, 3.05) is 13.2 Å². The summed E-state index contributed by atoms with van der Waals surface area (Å²) in [6.45, 7) is 4.06. The van der Waals surface area contributed by atoms with Crippen LogP contribution in [-0.4, -0.2) is 31.2 Å². The first-order valence-corrected chi connectivity index (χ1v) is 7.53. The molecule has 7 nitrogen and oxygen atoms in total. The van der Waals surface area contributed by atoms with Gasteiger partial charge in [0, 0.05) is 12.5 Å². The maximum Gasteiger partial charge on any atom is 0.416 e. The van der Waals surface area contributed by atoms with E-state index in [4.69, 9.17) is 21.0 Å². The van der Waals surface area contributed by atoms with Crippen LogP contribution in [0.4, 0.5) is 13.2 Å². The highest BCUT2D eigenvalue weighted by atomic mass is 19.4. The molecule has 0 bridgehead atoms. The number of halogens is 3. The Morgan fingerprint density at radius 3 is 2.60 bits per heavy atom. The van der Waals surface area contributed by atoms with Gasteiger partial charge in [-0.2, -0.15) is 18.2 Å². The molecular formula is C15H22F3N5O2. The van der Waals surface area contributed by atoms with Crippen LogP contribution in [0.5, 0.6) is 5.75 Å². The number of hydroxylamine groups is 1. The van der Waals surface area contributed by atoms with Crippen molar-refractivity contribution < 1.29 is 22.7 Å². The average molecular weight is 361 g/mol. The molecular weight excluding hydrogens is 339 g/mol. The number of guanidine groups is 2. The fourth-order valence-corrected chi connectivity index (χ4v) is 1.65. The first-order chi connectivity index (χ1) is 11.7. The van der Waals surface area contributed by atoms with Gasteiger partial charge in [-0.1, -0.05) is 6.07 Å². The number of nitrogens with one attached hydrogen (secondary N) is 1. The minimum absolute atomic E-state index is 0.00883.